The third-order valence-corrected chi connectivity index (χ3v) is 3.16. The maximum atomic E-state index is 5.92. The minimum absolute atomic E-state index is 0.380. The molecule has 0 saturated heterocycles. The van der Waals surface area contributed by atoms with Gasteiger partial charge in [-0.25, -0.2) is 0 Å². The van der Waals surface area contributed by atoms with E-state index in [1.807, 2.05) is 6.07 Å². The van der Waals surface area contributed by atoms with Crippen LogP contribution in [0.2, 0.25) is 0 Å². The van der Waals surface area contributed by atoms with Crippen LogP contribution in [0.25, 0.3) is 0 Å². The molecular formula is C10H12BrN. The normalized spacial score (nSPS) is 19.2. The van der Waals surface area contributed by atoms with Gasteiger partial charge >= 0.3 is 0 Å². The van der Waals surface area contributed by atoms with Gasteiger partial charge in [-0.2, -0.15) is 0 Å². The van der Waals surface area contributed by atoms with Crippen LogP contribution in [-0.2, 0) is 5.41 Å². The maximum Gasteiger partial charge on any atom is 0.0363 e. The van der Waals surface area contributed by atoms with E-state index in [-0.39, 0.29) is 0 Å². The summed E-state index contributed by atoms with van der Waals surface area (Å²) in [6, 6.07) is 6.18. The Labute approximate surface area is 81.1 Å². The van der Waals surface area contributed by atoms with Crippen molar-refractivity contribution in [3.05, 3.63) is 28.2 Å². The summed E-state index contributed by atoms with van der Waals surface area (Å²) in [6.45, 7) is 2.27. The average molecular weight is 226 g/mol. The van der Waals surface area contributed by atoms with Gasteiger partial charge in [0.2, 0.25) is 0 Å². The first-order chi connectivity index (χ1) is 5.62. The molecule has 0 radical (unpaired) electrons. The van der Waals surface area contributed by atoms with Crippen molar-refractivity contribution in [2.75, 3.05) is 5.73 Å². The van der Waals surface area contributed by atoms with E-state index >= 15 is 0 Å². The quantitative estimate of drug-likeness (QED) is 0.731. The van der Waals surface area contributed by atoms with Crippen LogP contribution in [-0.4, -0.2) is 0 Å². The molecule has 1 aliphatic carbocycles. The number of halogens is 1. The molecule has 0 amide bonds. The van der Waals surface area contributed by atoms with Crippen LogP contribution in [0.5, 0.6) is 0 Å². The Hall–Kier alpha value is -0.500. The van der Waals surface area contributed by atoms with Gasteiger partial charge in [-0.1, -0.05) is 28.9 Å². The van der Waals surface area contributed by atoms with Gasteiger partial charge in [0.1, 0.15) is 0 Å². The molecule has 12 heavy (non-hydrogen) atoms. The van der Waals surface area contributed by atoms with Gasteiger partial charge in [0.05, 0.1) is 0 Å². The highest BCUT2D eigenvalue weighted by Gasteiger charge is 2.40. The number of hydrogen-bond acceptors (Lipinski definition) is 1. The fourth-order valence-corrected chi connectivity index (χ4v) is 1.92. The van der Waals surface area contributed by atoms with Crippen LogP contribution >= 0.6 is 15.9 Å². The van der Waals surface area contributed by atoms with Gasteiger partial charge in [-0.3, -0.25) is 0 Å². The zero-order valence-corrected chi connectivity index (χ0v) is 8.69. The molecule has 0 heterocycles. The Morgan fingerprint density at radius 1 is 1.42 bits per heavy atom. The lowest BCUT2D eigenvalue weighted by atomic mass is 9.97. The standard InChI is InChI=1S/C10H12BrN/c1-10(4-5-10)8-3-2-7(11)6-9(8)12/h2-3,6H,4-5,12H2,1H3. The summed E-state index contributed by atoms with van der Waals surface area (Å²) in [5, 5.41) is 0. The zero-order valence-electron chi connectivity index (χ0n) is 7.10. The first-order valence-electron chi connectivity index (χ1n) is 4.17. The first kappa shape index (κ1) is 8.11. The van der Waals surface area contributed by atoms with Gasteiger partial charge in [-0.15, -0.1) is 0 Å². The molecule has 1 aromatic rings. The number of hydrogen-bond donors (Lipinski definition) is 1. The molecule has 0 atom stereocenters. The molecular weight excluding hydrogens is 214 g/mol. The fourth-order valence-electron chi connectivity index (χ4n) is 1.54. The predicted molar refractivity (Wildman–Crippen MR) is 55.1 cm³/mol. The smallest absolute Gasteiger partial charge is 0.0363 e. The monoisotopic (exact) mass is 225 g/mol. The predicted octanol–water partition coefficient (Wildman–Crippen LogP) is 3.08. The molecule has 1 aromatic carbocycles. The fraction of sp³-hybridized carbons (Fsp3) is 0.400. The highest BCUT2D eigenvalue weighted by molar-refractivity contribution is 9.10. The highest BCUT2D eigenvalue weighted by Crippen LogP contribution is 2.49. The third-order valence-electron chi connectivity index (χ3n) is 2.66. The number of anilines is 1. The minimum atomic E-state index is 0.380. The second kappa shape index (κ2) is 2.49. The summed E-state index contributed by atoms with van der Waals surface area (Å²) in [4.78, 5) is 0. The molecule has 1 saturated carbocycles. The van der Waals surface area contributed by atoms with Crippen molar-refractivity contribution in [1.82, 2.24) is 0 Å². The van der Waals surface area contributed by atoms with Crippen LogP contribution in [0.15, 0.2) is 22.7 Å². The van der Waals surface area contributed by atoms with E-state index < -0.39 is 0 Å². The topological polar surface area (TPSA) is 26.0 Å². The molecule has 2 rings (SSSR count). The molecule has 0 unspecified atom stereocenters. The number of rotatable bonds is 1. The van der Waals surface area contributed by atoms with Crippen LogP contribution in [0, 0.1) is 0 Å². The molecule has 1 fully saturated rings. The van der Waals surface area contributed by atoms with Gasteiger partial charge in [0.25, 0.3) is 0 Å². The van der Waals surface area contributed by atoms with Gasteiger partial charge in [-0.05, 0) is 36.0 Å². The Bertz CT molecular complexity index is 316. The Morgan fingerprint density at radius 2 is 2.08 bits per heavy atom. The summed E-state index contributed by atoms with van der Waals surface area (Å²) in [6.07, 6.45) is 2.55. The van der Waals surface area contributed by atoms with E-state index in [0.717, 1.165) is 10.2 Å². The SMILES string of the molecule is CC1(c2ccc(Br)cc2N)CC1. The summed E-state index contributed by atoms with van der Waals surface area (Å²) < 4.78 is 1.06. The van der Waals surface area contributed by atoms with E-state index in [0.29, 0.717) is 5.41 Å². The van der Waals surface area contributed by atoms with Gasteiger partial charge < -0.3 is 5.73 Å². The molecule has 64 valence electrons. The van der Waals surface area contributed by atoms with Crippen molar-refractivity contribution in [2.24, 2.45) is 0 Å². The number of benzene rings is 1. The van der Waals surface area contributed by atoms with Gasteiger partial charge in [0.15, 0.2) is 0 Å². The van der Waals surface area contributed by atoms with Crippen molar-refractivity contribution >= 4 is 21.6 Å². The summed E-state index contributed by atoms with van der Waals surface area (Å²) >= 11 is 3.40. The van der Waals surface area contributed by atoms with Crippen molar-refractivity contribution < 1.29 is 0 Å². The molecule has 1 aliphatic rings. The van der Waals surface area contributed by atoms with Crippen molar-refractivity contribution in [2.45, 2.75) is 25.2 Å². The van der Waals surface area contributed by atoms with E-state index in [4.69, 9.17) is 5.73 Å². The summed E-state index contributed by atoms with van der Waals surface area (Å²) in [5.41, 5.74) is 8.53. The lowest BCUT2D eigenvalue weighted by Gasteiger charge is -2.11. The lowest BCUT2D eigenvalue weighted by Crippen LogP contribution is -2.04. The molecule has 2 N–H and O–H groups in total. The van der Waals surface area contributed by atoms with Crippen molar-refractivity contribution in [3.8, 4) is 0 Å². The molecule has 1 nitrogen and oxygen atoms in total. The van der Waals surface area contributed by atoms with Crippen molar-refractivity contribution in [3.63, 3.8) is 0 Å². The molecule has 0 aromatic heterocycles. The van der Waals surface area contributed by atoms with Crippen LogP contribution < -0.4 is 5.73 Å². The largest absolute Gasteiger partial charge is 0.398 e. The van der Waals surface area contributed by atoms with E-state index in [1.54, 1.807) is 0 Å². The Kier molecular flexibility index (Phi) is 1.69. The molecule has 0 aliphatic heterocycles. The Balaban J connectivity index is 2.45. The highest BCUT2D eigenvalue weighted by atomic mass is 79.9. The lowest BCUT2D eigenvalue weighted by molar-refractivity contribution is 0.791. The second-order valence-electron chi connectivity index (χ2n) is 3.79. The summed E-state index contributed by atoms with van der Waals surface area (Å²) in [5.74, 6) is 0. The van der Waals surface area contributed by atoms with Crippen LogP contribution in [0.1, 0.15) is 25.3 Å². The number of nitrogen functional groups attached to an aromatic ring is 1. The average Bonchev–Trinajstić information content (AvgIpc) is 2.68. The molecule has 0 spiro atoms. The minimum Gasteiger partial charge on any atom is -0.398 e. The van der Waals surface area contributed by atoms with E-state index in [9.17, 15) is 0 Å². The summed E-state index contributed by atoms with van der Waals surface area (Å²) in [7, 11) is 0. The Morgan fingerprint density at radius 3 is 2.58 bits per heavy atom. The third kappa shape index (κ3) is 1.24. The second-order valence-corrected chi connectivity index (χ2v) is 4.71. The maximum absolute atomic E-state index is 5.92. The molecule has 2 heteroatoms. The van der Waals surface area contributed by atoms with E-state index in [2.05, 4.69) is 35.0 Å². The number of nitrogens with two attached hydrogens (primary N) is 1. The van der Waals surface area contributed by atoms with Crippen LogP contribution in [0.3, 0.4) is 0 Å². The van der Waals surface area contributed by atoms with Crippen LogP contribution in [0.4, 0.5) is 5.69 Å². The zero-order chi connectivity index (χ0) is 8.77. The first-order valence-corrected chi connectivity index (χ1v) is 4.97. The molecule has 0 bridgehead atoms. The van der Waals surface area contributed by atoms with Crippen molar-refractivity contribution in [1.29, 1.82) is 0 Å². The van der Waals surface area contributed by atoms with E-state index in [1.165, 1.54) is 18.4 Å². The van der Waals surface area contributed by atoms with Gasteiger partial charge in [0, 0.05) is 10.2 Å².